The molecule has 45 heavy (non-hydrogen) atoms. The molecule has 6 rings (SSSR count). The van der Waals surface area contributed by atoms with Crippen LogP contribution >= 0.6 is 0 Å². The monoisotopic (exact) mass is 612 g/mol. The smallest absolute Gasteiger partial charge is 0.322 e. The highest BCUT2D eigenvalue weighted by Gasteiger charge is 2.35. The zero-order chi connectivity index (χ0) is 31.2. The number of para-hydroxylation sites is 1. The first-order chi connectivity index (χ1) is 22.0. The molecule has 2 N–H and O–H groups in total. The Labute approximate surface area is 267 Å². The van der Waals surface area contributed by atoms with E-state index in [0.29, 0.717) is 44.9 Å². The fourth-order valence-corrected chi connectivity index (χ4v) is 7.55. The van der Waals surface area contributed by atoms with Crippen LogP contribution in [0, 0.1) is 0 Å². The minimum Gasteiger partial charge on any atom is -0.341 e. The van der Waals surface area contributed by atoms with Gasteiger partial charge in [-0.15, -0.1) is 0 Å². The van der Waals surface area contributed by atoms with Gasteiger partial charge in [-0.3, -0.25) is 4.79 Å². The Morgan fingerprint density at radius 1 is 0.867 bits per heavy atom. The summed E-state index contributed by atoms with van der Waals surface area (Å²) in [5, 5.41) is 6.14. The summed E-state index contributed by atoms with van der Waals surface area (Å²) < 4.78 is 0. The maximum absolute atomic E-state index is 14.0. The van der Waals surface area contributed by atoms with Crippen LogP contribution in [0.1, 0.15) is 68.1 Å². The Balaban J connectivity index is 1.08. The Morgan fingerprint density at radius 2 is 1.56 bits per heavy atom. The van der Waals surface area contributed by atoms with Gasteiger partial charge in [0.1, 0.15) is 6.04 Å². The molecule has 4 aliphatic rings. The van der Waals surface area contributed by atoms with Gasteiger partial charge in [0.15, 0.2) is 0 Å². The number of carbonyl (C=O) groups excluding carboxylic acids is 3. The second-order valence-corrected chi connectivity index (χ2v) is 13.1. The molecule has 0 aliphatic carbocycles. The van der Waals surface area contributed by atoms with Crippen molar-refractivity contribution in [2.75, 3.05) is 44.6 Å². The first kappa shape index (κ1) is 31.1. The van der Waals surface area contributed by atoms with Gasteiger partial charge in [0, 0.05) is 56.9 Å². The van der Waals surface area contributed by atoms with E-state index in [4.69, 9.17) is 0 Å². The third-order valence-electron chi connectivity index (χ3n) is 10.2. The largest absolute Gasteiger partial charge is 0.341 e. The predicted molar refractivity (Wildman–Crippen MR) is 178 cm³/mol. The third kappa shape index (κ3) is 7.52. The van der Waals surface area contributed by atoms with E-state index in [-0.39, 0.29) is 24.0 Å². The minimum absolute atomic E-state index is 0.000196. The molecule has 0 bridgehead atoms. The van der Waals surface area contributed by atoms with E-state index in [2.05, 4.69) is 22.1 Å². The normalized spacial score (nSPS) is 21.0. The number of carbonyl (C=O) groups is 3. The summed E-state index contributed by atoms with van der Waals surface area (Å²) in [6.07, 6.45) is 10.8. The van der Waals surface area contributed by atoms with Crippen molar-refractivity contribution in [3.8, 4) is 0 Å². The summed E-state index contributed by atoms with van der Waals surface area (Å²) in [4.78, 5) is 48.8. The first-order valence-corrected chi connectivity index (χ1v) is 16.9. The molecule has 240 valence electrons. The maximum Gasteiger partial charge on any atom is 0.322 e. The molecule has 2 aromatic rings. The van der Waals surface area contributed by atoms with Gasteiger partial charge in [-0.1, -0.05) is 68.0 Å². The van der Waals surface area contributed by atoms with E-state index in [0.717, 1.165) is 48.3 Å². The molecule has 0 saturated carbocycles. The summed E-state index contributed by atoms with van der Waals surface area (Å²) in [5.41, 5.74) is 3.97. The third-order valence-corrected chi connectivity index (χ3v) is 10.2. The van der Waals surface area contributed by atoms with Crippen LogP contribution < -0.4 is 10.6 Å². The SMILES string of the molecule is C=Cc1cccc(CC(NC(=O)N2CCC(N3Cc4ccccc4NC3=O)CC2)C(=O)N2CCC(N3CCCCCC3)CC2)c1. The molecule has 3 saturated heterocycles. The Kier molecular flexibility index (Phi) is 10.0. The van der Waals surface area contributed by atoms with Gasteiger partial charge in [-0.05, 0) is 74.4 Å². The number of likely N-dealkylation sites (tertiary alicyclic amines) is 3. The lowest BCUT2D eigenvalue weighted by atomic mass is 9.99. The molecule has 4 heterocycles. The molecule has 9 heteroatoms. The van der Waals surface area contributed by atoms with E-state index >= 15 is 0 Å². The van der Waals surface area contributed by atoms with Crippen LogP contribution in [-0.2, 0) is 17.8 Å². The highest BCUT2D eigenvalue weighted by molar-refractivity contribution is 5.92. The summed E-state index contributed by atoms with van der Waals surface area (Å²) in [6.45, 7) is 9.34. The maximum atomic E-state index is 14.0. The lowest BCUT2D eigenvalue weighted by Crippen LogP contribution is -2.57. The average molecular weight is 613 g/mol. The van der Waals surface area contributed by atoms with Gasteiger partial charge in [-0.25, -0.2) is 9.59 Å². The number of amides is 5. The van der Waals surface area contributed by atoms with Crippen LogP contribution in [0.2, 0.25) is 0 Å². The highest BCUT2D eigenvalue weighted by atomic mass is 16.2. The summed E-state index contributed by atoms with van der Waals surface area (Å²) in [7, 11) is 0. The van der Waals surface area contributed by atoms with Gasteiger partial charge in [0.25, 0.3) is 0 Å². The van der Waals surface area contributed by atoms with Gasteiger partial charge in [0.2, 0.25) is 5.91 Å². The van der Waals surface area contributed by atoms with Crippen LogP contribution in [-0.4, -0.2) is 95.0 Å². The zero-order valence-corrected chi connectivity index (χ0v) is 26.5. The fraction of sp³-hybridized carbons (Fsp3) is 0.528. The van der Waals surface area contributed by atoms with Crippen molar-refractivity contribution < 1.29 is 14.4 Å². The van der Waals surface area contributed by atoms with E-state index in [1.807, 2.05) is 58.3 Å². The summed E-state index contributed by atoms with van der Waals surface area (Å²) in [5.74, 6) is 0.000196. The van der Waals surface area contributed by atoms with Crippen molar-refractivity contribution in [3.63, 3.8) is 0 Å². The summed E-state index contributed by atoms with van der Waals surface area (Å²) in [6, 6.07) is 15.6. The van der Waals surface area contributed by atoms with Crippen molar-refractivity contribution in [3.05, 3.63) is 71.8 Å². The summed E-state index contributed by atoms with van der Waals surface area (Å²) >= 11 is 0. The number of anilines is 1. The van der Waals surface area contributed by atoms with E-state index < -0.39 is 6.04 Å². The van der Waals surface area contributed by atoms with Crippen LogP contribution in [0.15, 0.2) is 55.1 Å². The zero-order valence-electron chi connectivity index (χ0n) is 26.5. The van der Waals surface area contributed by atoms with Gasteiger partial charge in [0.05, 0.1) is 0 Å². The second kappa shape index (κ2) is 14.5. The number of hydrogen-bond acceptors (Lipinski definition) is 4. The molecular weight excluding hydrogens is 564 g/mol. The molecule has 0 radical (unpaired) electrons. The van der Waals surface area contributed by atoms with E-state index in [1.54, 1.807) is 11.0 Å². The minimum atomic E-state index is -0.644. The van der Waals surface area contributed by atoms with E-state index in [9.17, 15) is 14.4 Å². The number of nitrogens with zero attached hydrogens (tertiary/aromatic N) is 4. The van der Waals surface area contributed by atoms with Crippen molar-refractivity contribution in [2.24, 2.45) is 0 Å². The molecule has 2 aromatic carbocycles. The molecule has 1 unspecified atom stereocenters. The molecular formula is C36H48N6O3. The van der Waals surface area contributed by atoms with Crippen LogP contribution in [0.25, 0.3) is 6.08 Å². The molecule has 5 amide bonds. The molecule has 0 aromatic heterocycles. The van der Waals surface area contributed by atoms with Gasteiger partial charge in [-0.2, -0.15) is 0 Å². The van der Waals surface area contributed by atoms with Crippen molar-refractivity contribution >= 4 is 29.7 Å². The molecule has 4 aliphatic heterocycles. The number of rotatable bonds is 7. The van der Waals surface area contributed by atoms with Crippen LogP contribution in [0.4, 0.5) is 15.3 Å². The molecule has 9 nitrogen and oxygen atoms in total. The lowest BCUT2D eigenvalue weighted by molar-refractivity contribution is -0.134. The number of piperidine rings is 2. The highest BCUT2D eigenvalue weighted by Crippen LogP contribution is 2.28. The van der Waals surface area contributed by atoms with Crippen LogP contribution in [0.5, 0.6) is 0 Å². The Bertz CT molecular complexity index is 1360. The molecule has 3 fully saturated rings. The number of benzene rings is 2. The number of fused-ring (bicyclic) bond motifs is 1. The Hall–Kier alpha value is -3.85. The number of nitrogens with one attached hydrogen (secondary N) is 2. The van der Waals surface area contributed by atoms with Crippen LogP contribution in [0.3, 0.4) is 0 Å². The lowest BCUT2D eigenvalue weighted by Gasteiger charge is -2.41. The van der Waals surface area contributed by atoms with Gasteiger partial charge >= 0.3 is 12.1 Å². The van der Waals surface area contributed by atoms with E-state index in [1.165, 1.54) is 38.8 Å². The second-order valence-electron chi connectivity index (χ2n) is 13.1. The molecule has 0 spiro atoms. The first-order valence-electron chi connectivity index (χ1n) is 16.9. The predicted octanol–water partition coefficient (Wildman–Crippen LogP) is 5.33. The topological polar surface area (TPSA) is 88.2 Å². The van der Waals surface area contributed by atoms with Crippen molar-refractivity contribution in [2.45, 2.75) is 82.5 Å². The van der Waals surface area contributed by atoms with Crippen molar-refractivity contribution in [1.29, 1.82) is 0 Å². The number of urea groups is 2. The average Bonchev–Trinajstić information content (AvgIpc) is 3.37. The van der Waals surface area contributed by atoms with Crippen molar-refractivity contribution in [1.82, 2.24) is 24.9 Å². The molecule has 1 atom stereocenters. The standard InChI is InChI=1S/C36H48N6O3/c1-2-27-10-9-11-28(24-27)25-33(34(43)40-20-14-30(15-21-40)39-18-7-3-4-8-19-39)38-35(44)41-22-16-31(17-23-41)42-26-29-12-5-6-13-32(29)37-36(42)45/h2,5-6,9-13,24,30-31,33H,1,3-4,7-8,14-23,25-26H2,(H,37,45)(H,38,44). The Morgan fingerprint density at radius 3 is 2.29 bits per heavy atom. The quantitative estimate of drug-likeness (QED) is 0.443. The fourth-order valence-electron chi connectivity index (χ4n) is 7.55. The van der Waals surface area contributed by atoms with Gasteiger partial charge < -0.3 is 30.2 Å². The number of hydrogen-bond donors (Lipinski definition) is 2.